The number of piperidine rings is 1. The first kappa shape index (κ1) is 25.6. The minimum atomic E-state index is -3.61. The molecule has 34 heavy (non-hydrogen) atoms. The van der Waals surface area contributed by atoms with Crippen molar-refractivity contribution < 1.29 is 22.9 Å². The number of nitro groups is 1. The van der Waals surface area contributed by atoms with E-state index in [4.69, 9.17) is 4.74 Å². The Labute approximate surface area is 199 Å². The van der Waals surface area contributed by atoms with Crippen LogP contribution in [0.1, 0.15) is 25.3 Å². The normalized spacial score (nSPS) is 17.7. The molecule has 10 nitrogen and oxygen atoms in total. The first-order valence-corrected chi connectivity index (χ1v) is 12.5. The van der Waals surface area contributed by atoms with Gasteiger partial charge in [-0.1, -0.05) is 17.7 Å². The quantitative estimate of drug-likeness (QED) is 0.408. The summed E-state index contributed by atoms with van der Waals surface area (Å²) in [4.78, 5) is 25.9. The Bertz CT molecular complexity index is 1140. The third-order valence-electron chi connectivity index (χ3n) is 6.03. The largest absolute Gasteiger partial charge is 0.496 e. The van der Waals surface area contributed by atoms with Gasteiger partial charge in [0.15, 0.2) is 0 Å². The Kier molecular flexibility index (Phi) is 8.24. The number of likely N-dealkylation sites (tertiary alicyclic amines) is 1. The molecule has 2 aromatic rings. The average Bonchev–Trinajstić information content (AvgIpc) is 2.83. The molecule has 0 radical (unpaired) electrons. The fourth-order valence-corrected chi connectivity index (χ4v) is 5.06. The molecular formula is C23H30N4O6S. The van der Waals surface area contributed by atoms with Crippen molar-refractivity contribution in [2.75, 3.05) is 32.1 Å². The molecule has 1 aliphatic heterocycles. The van der Waals surface area contributed by atoms with Crippen molar-refractivity contribution in [3.8, 4) is 5.75 Å². The molecule has 1 aliphatic rings. The maximum Gasteiger partial charge on any atom is 0.296 e. The zero-order valence-electron chi connectivity index (χ0n) is 19.5. The molecule has 1 amide bonds. The number of carbonyl (C=O) groups is 1. The lowest BCUT2D eigenvalue weighted by atomic mass is 9.97. The number of nitrogens with zero attached hydrogens (tertiary/aromatic N) is 2. The molecule has 1 saturated heterocycles. The first-order chi connectivity index (χ1) is 16.1. The van der Waals surface area contributed by atoms with Crippen molar-refractivity contribution in [1.82, 2.24) is 9.62 Å². The molecule has 2 unspecified atom stereocenters. The first-order valence-electron chi connectivity index (χ1n) is 11.0. The van der Waals surface area contributed by atoms with Crippen LogP contribution < -0.4 is 14.8 Å². The lowest BCUT2D eigenvalue weighted by Gasteiger charge is -2.36. The number of hydrogen-bond acceptors (Lipinski definition) is 7. The minimum absolute atomic E-state index is 0.0412. The minimum Gasteiger partial charge on any atom is -0.496 e. The molecule has 0 saturated carbocycles. The second-order valence-corrected chi connectivity index (χ2v) is 10.2. The number of hydrogen-bond donors (Lipinski definition) is 2. The molecule has 0 aliphatic carbocycles. The van der Waals surface area contributed by atoms with Gasteiger partial charge < -0.3 is 10.1 Å². The van der Waals surface area contributed by atoms with E-state index in [-0.39, 0.29) is 34.6 Å². The molecule has 0 aromatic heterocycles. The third kappa shape index (κ3) is 6.31. The van der Waals surface area contributed by atoms with E-state index in [0.717, 1.165) is 18.4 Å². The predicted molar refractivity (Wildman–Crippen MR) is 128 cm³/mol. The molecule has 0 spiro atoms. The lowest BCUT2D eigenvalue weighted by molar-refractivity contribution is -0.384. The van der Waals surface area contributed by atoms with E-state index in [1.165, 1.54) is 19.2 Å². The molecule has 184 valence electrons. The van der Waals surface area contributed by atoms with Gasteiger partial charge in [0.2, 0.25) is 15.9 Å². The summed E-state index contributed by atoms with van der Waals surface area (Å²) in [6.45, 7) is 5.12. The number of aryl methyl sites for hydroxylation is 1. The Hall–Kier alpha value is -3.02. The van der Waals surface area contributed by atoms with Crippen molar-refractivity contribution in [1.29, 1.82) is 0 Å². The van der Waals surface area contributed by atoms with Crippen LogP contribution in [-0.2, 0) is 14.8 Å². The van der Waals surface area contributed by atoms with Crippen LogP contribution in [0.4, 0.5) is 11.4 Å². The topological polar surface area (TPSA) is 131 Å². The Balaban J connectivity index is 1.60. The van der Waals surface area contributed by atoms with Gasteiger partial charge in [0.05, 0.1) is 29.0 Å². The summed E-state index contributed by atoms with van der Waals surface area (Å²) in [6.07, 6.45) is 1.66. The van der Waals surface area contributed by atoms with Gasteiger partial charge in [-0.05, 0) is 63.4 Å². The van der Waals surface area contributed by atoms with Gasteiger partial charge in [-0.25, -0.2) is 13.1 Å². The van der Waals surface area contributed by atoms with Crippen LogP contribution in [0, 0.1) is 23.0 Å². The SMILES string of the molecule is COc1ccc(NC(=O)C(C)N2CCCC(CNS(=O)(=O)c3ccc(C)cc3)C2)c([N+](=O)[O-])c1. The number of nitrogens with one attached hydrogen (secondary N) is 2. The van der Waals surface area contributed by atoms with Gasteiger partial charge in [-0.3, -0.25) is 19.8 Å². The van der Waals surface area contributed by atoms with Gasteiger partial charge in [0.25, 0.3) is 5.69 Å². The number of amides is 1. The molecule has 0 bridgehead atoms. The van der Waals surface area contributed by atoms with Crippen LogP contribution in [0.2, 0.25) is 0 Å². The van der Waals surface area contributed by atoms with E-state index in [1.54, 1.807) is 37.3 Å². The predicted octanol–water partition coefficient (Wildman–Crippen LogP) is 2.93. The van der Waals surface area contributed by atoms with Crippen molar-refractivity contribution in [2.24, 2.45) is 5.92 Å². The highest BCUT2D eigenvalue weighted by molar-refractivity contribution is 7.89. The van der Waals surface area contributed by atoms with Gasteiger partial charge in [-0.2, -0.15) is 0 Å². The lowest BCUT2D eigenvalue weighted by Crippen LogP contribution is -2.49. The maximum atomic E-state index is 12.9. The van der Waals surface area contributed by atoms with Gasteiger partial charge >= 0.3 is 0 Å². The summed E-state index contributed by atoms with van der Waals surface area (Å²) in [5.74, 6) is -0.00147. The number of anilines is 1. The fourth-order valence-electron chi connectivity index (χ4n) is 3.94. The molecular weight excluding hydrogens is 460 g/mol. The number of rotatable bonds is 9. The number of sulfonamides is 1. The summed E-state index contributed by atoms with van der Waals surface area (Å²) >= 11 is 0. The number of methoxy groups -OCH3 is 1. The number of ether oxygens (including phenoxy) is 1. The molecule has 11 heteroatoms. The van der Waals surface area contributed by atoms with Gasteiger partial charge in [-0.15, -0.1) is 0 Å². The monoisotopic (exact) mass is 490 g/mol. The molecule has 1 fully saturated rings. The number of benzene rings is 2. The highest BCUT2D eigenvalue weighted by atomic mass is 32.2. The highest BCUT2D eigenvalue weighted by Crippen LogP contribution is 2.29. The van der Waals surface area contributed by atoms with E-state index < -0.39 is 21.0 Å². The van der Waals surface area contributed by atoms with Gasteiger partial charge in [0.1, 0.15) is 11.4 Å². The van der Waals surface area contributed by atoms with E-state index in [1.807, 2.05) is 11.8 Å². The average molecular weight is 491 g/mol. The molecule has 3 rings (SSSR count). The Morgan fingerprint density at radius 1 is 1.26 bits per heavy atom. The molecule has 2 atom stereocenters. The third-order valence-corrected chi connectivity index (χ3v) is 7.47. The fraction of sp³-hybridized carbons (Fsp3) is 0.435. The molecule has 2 aromatic carbocycles. The van der Waals surface area contributed by atoms with Crippen molar-refractivity contribution >= 4 is 27.3 Å². The van der Waals surface area contributed by atoms with E-state index in [2.05, 4.69) is 10.0 Å². The van der Waals surface area contributed by atoms with E-state index in [0.29, 0.717) is 18.8 Å². The standard InChI is InChI=1S/C23H30N4O6S/c1-16-6-9-20(10-7-16)34(31,32)24-14-18-5-4-12-26(15-18)17(2)23(28)25-21-11-8-19(33-3)13-22(21)27(29)30/h6-11,13,17-18,24H,4-5,12,14-15H2,1-3H3,(H,25,28). The highest BCUT2D eigenvalue weighted by Gasteiger charge is 2.29. The Morgan fingerprint density at radius 2 is 1.97 bits per heavy atom. The van der Waals surface area contributed by atoms with Crippen molar-refractivity contribution in [3.63, 3.8) is 0 Å². The van der Waals surface area contributed by atoms with Crippen LogP contribution in [0.3, 0.4) is 0 Å². The molecule has 2 N–H and O–H groups in total. The van der Waals surface area contributed by atoms with Crippen LogP contribution in [0.25, 0.3) is 0 Å². The summed E-state index contributed by atoms with van der Waals surface area (Å²) in [7, 11) is -2.20. The van der Waals surface area contributed by atoms with E-state index >= 15 is 0 Å². The van der Waals surface area contributed by atoms with Crippen LogP contribution in [-0.4, -0.2) is 56.9 Å². The summed E-state index contributed by atoms with van der Waals surface area (Å²) in [5, 5.41) is 14.0. The summed E-state index contributed by atoms with van der Waals surface area (Å²) < 4.78 is 32.9. The smallest absolute Gasteiger partial charge is 0.296 e. The van der Waals surface area contributed by atoms with Crippen LogP contribution in [0.5, 0.6) is 5.75 Å². The second kappa shape index (κ2) is 10.9. The van der Waals surface area contributed by atoms with Crippen LogP contribution >= 0.6 is 0 Å². The zero-order valence-corrected chi connectivity index (χ0v) is 20.3. The van der Waals surface area contributed by atoms with Crippen LogP contribution in [0.15, 0.2) is 47.4 Å². The van der Waals surface area contributed by atoms with Crippen molar-refractivity contribution in [2.45, 2.75) is 37.6 Å². The number of nitro benzene ring substituents is 1. The maximum absolute atomic E-state index is 12.9. The molecule has 1 heterocycles. The Morgan fingerprint density at radius 3 is 2.62 bits per heavy atom. The van der Waals surface area contributed by atoms with Gasteiger partial charge in [0, 0.05) is 13.1 Å². The zero-order chi connectivity index (χ0) is 24.9. The summed E-state index contributed by atoms with van der Waals surface area (Å²) in [6, 6.07) is 10.4. The second-order valence-electron chi connectivity index (χ2n) is 8.47. The van der Waals surface area contributed by atoms with Crippen molar-refractivity contribution in [3.05, 3.63) is 58.1 Å². The van der Waals surface area contributed by atoms with E-state index in [9.17, 15) is 23.3 Å². The summed E-state index contributed by atoms with van der Waals surface area (Å²) in [5.41, 5.74) is 0.832. The number of carbonyl (C=O) groups excluding carboxylic acids is 1.